The van der Waals surface area contributed by atoms with Crippen LogP contribution in [0.3, 0.4) is 0 Å². The lowest BCUT2D eigenvalue weighted by molar-refractivity contribution is 0.617. The van der Waals surface area contributed by atoms with E-state index in [-0.39, 0.29) is 5.82 Å². The van der Waals surface area contributed by atoms with Crippen LogP contribution in [-0.4, -0.2) is 16.3 Å². The number of hydrogen-bond donors (Lipinski definition) is 1. The van der Waals surface area contributed by atoms with Crippen molar-refractivity contribution in [2.45, 2.75) is 6.54 Å². The number of nitrogens with one attached hydrogen (secondary N) is 1. The normalized spacial score (nSPS) is 10.4. The zero-order valence-electron chi connectivity index (χ0n) is 8.53. The summed E-state index contributed by atoms with van der Waals surface area (Å²) < 4.78 is 15.9. The summed E-state index contributed by atoms with van der Waals surface area (Å²) in [5.74, 6) is -0.255. The van der Waals surface area contributed by atoms with Crippen LogP contribution in [0.25, 0.3) is 0 Å². The van der Waals surface area contributed by atoms with Gasteiger partial charge in [0.15, 0.2) is 0 Å². The molecule has 0 fully saturated rings. The molecular formula is C11H11BrFN3. The number of anilines is 1. The average molecular weight is 284 g/mol. The maximum Gasteiger partial charge on any atom is 0.147 e. The second-order valence-corrected chi connectivity index (χ2v) is 4.24. The number of nitrogens with zero attached hydrogens (tertiary/aromatic N) is 2. The first-order valence-electron chi connectivity index (χ1n) is 4.92. The van der Waals surface area contributed by atoms with Crippen molar-refractivity contribution in [2.75, 3.05) is 11.9 Å². The largest absolute Gasteiger partial charge is 0.381 e. The van der Waals surface area contributed by atoms with Crippen LogP contribution in [0.2, 0.25) is 0 Å². The van der Waals surface area contributed by atoms with Crippen LogP contribution in [0.4, 0.5) is 10.1 Å². The van der Waals surface area contributed by atoms with Crippen LogP contribution in [0.1, 0.15) is 0 Å². The van der Waals surface area contributed by atoms with Gasteiger partial charge in [-0.15, -0.1) is 0 Å². The molecule has 0 atom stereocenters. The van der Waals surface area contributed by atoms with E-state index in [0.29, 0.717) is 18.8 Å². The van der Waals surface area contributed by atoms with Crippen LogP contribution in [-0.2, 0) is 6.54 Å². The number of aromatic nitrogens is 2. The Labute approximate surface area is 101 Å². The Hall–Kier alpha value is -1.36. The highest BCUT2D eigenvalue weighted by atomic mass is 79.9. The Balaban J connectivity index is 1.90. The Morgan fingerprint density at radius 3 is 3.00 bits per heavy atom. The molecule has 1 heterocycles. The fraction of sp³-hybridized carbons (Fsp3) is 0.182. The second kappa shape index (κ2) is 5.12. The van der Waals surface area contributed by atoms with Gasteiger partial charge in [0.25, 0.3) is 0 Å². The maximum absolute atomic E-state index is 13.4. The van der Waals surface area contributed by atoms with E-state index < -0.39 is 0 Å². The summed E-state index contributed by atoms with van der Waals surface area (Å²) in [4.78, 5) is 0. The average Bonchev–Trinajstić information content (AvgIpc) is 2.74. The fourth-order valence-electron chi connectivity index (χ4n) is 1.37. The fourth-order valence-corrected chi connectivity index (χ4v) is 1.70. The smallest absolute Gasteiger partial charge is 0.147 e. The SMILES string of the molecule is Fc1cc(Br)ccc1NCCn1cccn1. The Morgan fingerprint density at radius 1 is 1.44 bits per heavy atom. The Kier molecular flexibility index (Phi) is 3.56. The van der Waals surface area contributed by atoms with Crippen molar-refractivity contribution in [3.8, 4) is 0 Å². The maximum atomic E-state index is 13.4. The second-order valence-electron chi connectivity index (χ2n) is 3.32. The van der Waals surface area contributed by atoms with E-state index >= 15 is 0 Å². The summed E-state index contributed by atoms with van der Waals surface area (Å²) >= 11 is 3.21. The van der Waals surface area contributed by atoms with Crippen molar-refractivity contribution in [1.82, 2.24) is 9.78 Å². The van der Waals surface area contributed by atoms with Gasteiger partial charge in [-0.2, -0.15) is 5.10 Å². The van der Waals surface area contributed by atoms with Gasteiger partial charge in [-0.1, -0.05) is 15.9 Å². The molecule has 84 valence electrons. The summed E-state index contributed by atoms with van der Waals surface area (Å²) in [6.07, 6.45) is 3.60. The van der Waals surface area contributed by atoms with Crippen molar-refractivity contribution < 1.29 is 4.39 Å². The van der Waals surface area contributed by atoms with E-state index in [1.807, 2.05) is 12.3 Å². The molecule has 1 N–H and O–H groups in total. The topological polar surface area (TPSA) is 29.9 Å². The number of benzene rings is 1. The first-order chi connectivity index (χ1) is 7.75. The van der Waals surface area contributed by atoms with Gasteiger partial charge < -0.3 is 5.32 Å². The number of halogens is 2. The lowest BCUT2D eigenvalue weighted by Gasteiger charge is -2.07. The van der Waals surface area contributed by atoms with Gasteiger partial charge >= 0.3 is 0 Å². The Bertz CT molecular complexity index is 456. The summed E-state index contributed by atoms with van der Waals surface area (Å²) in [7, 11) is 0. The van der Waals surface area contributed by atoms with Crippen molar-refractivity contribution in [3.63, 3.8) is 0 Å². The molecule has 2 rings (SSSR count). The predicted molar refractivity (Wildman–Crippen MR) is 64.8 cm³/mol. The van der Waals surface area contributed by atoms with Crippen LogP contribution in [0.5, 0.6) is 0 Å². The van der Waals surface area contributed by atoms with Gasteiger partial charge in [-0.05, 0) is 24.3 Å². The summed E-state index contributed by atoms with van der Waals surface area (Å²) in [6, 6.07) is 6.82. The molecule has 1 aromatic carbocycles. The predicted octanol–water partition coefficient (Wildman–Crippen LogP) is 2.90. The molecule has 0 saturated heterocycles. The molecule has 5 heteroatoms. The van der Waals surface area contributed by atoms with Crippen molar-refractivity contribution in [3.05, 3.63) is 46.9 Å². The van der Waals surface area contributed by atoms with Gasteiger partial charge in [0.1, 0.15) is 5.82 Å². The molecule has 16 heavy (non-hydrogen) atoms. The minimum atomic E-state index is -0.255. The van der Waals surface area contributed by atoms with E-state index in [1.54, 1.807) is 23.0 Å². The first kappa shape index (κ1) is 11.1. The molecule has 1 aromatic heterocycles. The van der Waals surface area contributed by atoms with E-state index in [1.165, 1.54) is 6.07 Å². The first-order valence-corrected chi connectivity index (χ1v) is 5.71. The van der Waals surface area contributed by atoms with Crippen LogP contribution in [0, 0.1) is 5.82 Å². The molecule has 0 radical (unpaired) electrons. The summed E-state index contributed by atoms with van der Waals surface area (Å²) in [6.45, 7) is 1.35. The third-order valence-electron chi connectivity index (χ3n) is 2.15. The van der Waals surface area contributed by atoms with E-state index in [0.717, 1.165) is 4.47 Å². The van der Waals surface area contributed by atoms with Gasteiger partial charge in [-0.3, -0.25) is 4.68 Å². The molecule has 0 amide bonds. The van der Waals surface area contributed by atoms with Gasteiger partial charge in [0.05, 0.1) is 12.2 Å². The molecule has 0 aliphatic heterocycles. The lowest BCUT2D eigenvalue weighted by atomic mass is 10.3. The van der Waals surface area contributed by atoms with Gasteiger partial charge in [0.2, 0.25) is 0 Å². The van der Waals surface area contributed by atoms with Gasteiger partial charge in [0, 0.05) is 23.4 Å². The van der Waals surface area contributed by atoms with Crippen LogP contribution >= 0.6 is 15.9 Å². The molecule has 3 nitrogen and oxygen atoms in total. The monoisotopic (exact) mass is 283 g/mol. The minimum absolute atomic E-state index is 0.255. The lowest BCUT2D eigenvalue weighted by Crippen LogP contribution is -2.11. The summed E-state index contributed by atoms with van der Waals surface area (Å²) in [5.41, 5.74) is 0.510. The molecule has 2 aromatic rings. The molecule has 0 saturated carbocycles. The highest BCUT2D eigenvalue weighted by Gasteiger charge is 2.01. The number of rotatable bonds is 4. The summed E-state index contributed by atoms with van der Waals surface area (Å²) in [5, 5.41) is 7.08. The molecule has 0 aliphatic rings. The molecular weight excluding hydrogens is 273 g/mol. The molecule has 0 aliphatic carbocycles. The highest BCUT2D eigenvalue weighted by molar-refractivity contribution is 9.10. The van der Waals surface area contributed by atoms with Gasteiger partial charge in [-0.25, -0.2) is 4.39 Å². The van der Waals surface area contributed by atoms with Crippen LogP contribution < -0.4 is 5.32 Å². The third-order valence-corrected chi connectivity index (χ3v) is 2.64. The quantitative estimate of drug-likeness (QED) is 0.935. The van der Waals surface area contributed by atoms with Crippen molar-refractivity contribution in [1.29, 1.82) is 0 Å². The molecule has 0 spiro atoms. The number of hydrogen-bond acceptors (Lipinski definition) is 2. The highest BCUT2D eigenvalue weighted by Crippen LogP contribution is 2.18. The van der Waals surface area contributed by atoms with Crippen molar-refractivity contribution >= 4 is 21.6 Å². The van der Waals surface area contributed by atoms with E-state index in [9.17, 15) is 4.39 Å². The zero-order chi connectivity index (χ0) is 11.4. The van der Waals surface area contributed by atoms with Crippen LogP contribution in [0.15, 0.2) is 41.1 Å². The third kappa shape index (κ3) is 2.82. The molecule has 0 bridgehead atoms. The zero-order valence-corrected chi connectivity index (χ0v) is 10.1. The minimum Gasteiger partial charge on any atom is -0.381 e. The van der Waals surface area contributed by atoms with Crippen molar-refractivity contribution in [2.24, 2.45) is 0 Å². The Morgan fingerprint density at radius 2 is 2.31 bits per heavy atom. The van der Waals surface area contributed by atoms with E-state index in [2.05, 4.69) is 26.3 Å². The van der Waals surface area contributed by atoms with E-state index in [4.69, 9.17) is 0 Å². The molecule has 0 unspecified atom stereocenters. The standard InChI is InChI=1S/C11H11BrFN3/c12-9-2-3-11(10(13)8-9)14-5-7-16-6-1-4-15-16/h1-4,6,8,14H,5,7H2.